The second kappa shape index (κ2) is 5.86. The van der Waals surface area contributed by atoms with Gasteiger partial charge in [-0.25, -0.2) is 9.59 Å². The van der Waals surface area contributed by atoms with Gasteiger partial charge in [0.25, 0.3) is 5.60 Å². The first-order valence-electron chi connectivity index (χ1n) is 8.61. The zero-order chi connectivity index (χ0) is 18.6. The highest BCUT2D eigenvalue weighted by Gasteiger charge is 2.58. The zero-order valence-electron chi connectivity index (χ0n) is 14.3. The highest BCUT2D eigenvalue weighted by molar-refractivity contribution is 5.82. The molecular formula is C17H23F3O5. The van der Waals surface area contributed by atoms with Gasteiger partial charge in [0.05, 0.1) is 0 Å². The van der Waals surface area contributed by atoms with Crippen molar-refractivity contribution in [3.05, 3.63) is 0 Å². The second-order valence-corrected chi connectivity index (χ2v) is 8.11. The summed E-state index contributed by atoms with van der Waals surface area (Å²) in [5.41, 5.74) is -4.30. The van der Waals surface area contributed by atoms with Crippen molar-refractivity contribution in [2.45, 2.75) is 63.3 Å². The number of carbonyl (C=O) groups excluding carboxylic acids is 2. The molecule has 0 saturated heterocycles. The third-order valence-corrected chi connectivity index (χ3v) is 6.36. The fraction of sp³-hybridized carbons (Fsp3) is 0.882. The molecule has 4 fully saturated rings. The molecule has 0 spiro atoms. The number of aliphatic hydroxyl groups is 1. The third kappa shape index (κ3) is 3.13. The molecule has 8 heteroatoms. The van der Waals surface area contributed by atoms with Gasteiger partial charge in [-0.3, -0.25) is 0 Å². The maximum absolute atomic E-state index is 12.6. The third-order valence-electron chi connectivity index (χ3n) is 6.36. The first-order valence-corrected chi connectivity index (χ1v) is 8.61. The summed E-state index contributed by atoms with van der Waals surface area (Å²) in [6.45, 7) is 1.23. The molecule has 0 aliphatic heterocycles. The van der Waals surface area contributed by atoms with Crippen molar-refractivity contribution in [3.8, 4) is 0 Å². The van der Waals surface area contributed by atoms with Gasteiger partial charge >= 0.3 is 18.1 Å². The highest BCUT2D eigenvalue weighted by atomic mass is 19.4. The van der Waals surface area contributed by atoms with E-state index in [0.717, 1.165) is 25.7 Å². The molecule has 0 radical (unpaired) electrons. The van der Waals surface area contributed by atoms with Crippen LogP contribution >= 0.6 is 0 Å². The largest absolute Gasteiger partial charge is 0.456 e. The Hall–Kier alpha value is -1.31. The maximum Gasteiger partial charge on any atom is 0.427 e. The van der Waals surface area contributed by atoms with Crippen LogP contribution in [0.1, 0.15) is 46.0 Å². The molecule has 25 heavy (non-hydrogen) atoms. The molecule has 4 bridgehead atoms. The van der Waals surface area contributed by atoms with E-state index in [1.165, 1.54) is 6.42 Å². The van der Waals surface area contributed by atoms with E-state index in [0.29, 0.717) is 18.8 Å². The Labute approximate surface area is 143 Å². The predicted octanol–water partition coefficient (Wildman–Crippen LogP) is 2.60. The first kappa shape index (κ1) is 18.5. The van der Waals surface area contributed by atoms with Gasteiger partial charge < -0.3 is 14.6 Å². The van der Waals surface area contributed by atoms with E-state index < -0.39 is 35.9 Å². The lowest BCUT2D eigenvalue weighted by Gasteiger charge is -2.59. The minimum absolute atomic E-state index is 0.252. The van der Waals surface area contributed by atoms with E-state index in [1.807, 2.05) is 6.92 Å². The van der Waals surface area contributed by atoms with Crippen LogP contribution in [-0.2, 0) is 19.1 Å². The molecule has 1 unspecified atom stereocenters. The Balaban J connectivity index is 1.57. The van der Waals surface area contributed by atoms with Crippen molar-refractivity contribution < 1.29 is 37.3 Å². The average molecular weight is 364 g/mol. The summed E-state index contributed by atoms with van der Waals surface area (Å²) in [5, 5.41) is 9.22. The van der Waals surface area contributed by atoms with Crippen LogP contribution in [0.2, 0.25) is 0 Å². The van der Waals surface area contributed by atoms with Crippen molar-refractivity contribution in [3.63, 3.8) is 0 Å². The molecule has 1 N–H and O–H groups in total. The minimum Gasteiger partial charge on any atom is -0.456 e. The van der Waals surface area contributed by atoms with E-state index in [4.69, 9.17) is 4.74 Å². The van der Waals surface area contributed by atoms with Crippen LogP contribution in [0.25, 0.3) is 0 Å². The summed E-state index contributed by atoms with van der Waals surface area (Å²) < 4.78 is 47.6. The summed E-state index contributed by atoms with van der Waals surface area (Å²) in [5.74, 6) is -0.931. The number of esters is 2. The zero-order valence-corrected chi connectivity index (χ0v) is 14.3. The minimum atomic E-state index is -5.18. The molecule has 142 valence electrons. The van der Waals surface area contributed by atoms with Crippen LogP contribution < -0.4 is 0 Å². The van der Waals surface area contributed by atoms with Crippen molar-refractivity contribution >= 4 is 11.9 Å². The lowest BCUT2D eigenvalue weighted by Crippen LogP contribution is -2.58. The summed E-state index contributed by atoms with van der Waals surface area (Å²) >= 11 is 0. The maximum atomic E-state index is 12.6. The van der Waals surface area contributed by atoms with E-state index in [1.54, 1.807) is 0 Å². The number of hydrogen-bond acceptors (Lipinski definition) is 5. The van der Waals surface area contributed by atoms with Crippen LogP contribution in [0.3, 0.4) is 0 Å². The second-order valence-electron chi connectivity index (χ2n) is 8.11. The highest BCUT2D eigenvalue weighted by Crippen LogP contribution is 2.59. The normalized spacial score (nSPS) is 39.0. The summed E-state index contributed by atoms with van der Waals surface area (Å²) in [7, 11) is 0. The summed E-state index contributed by atoms with van der Waals surface area (Å²) in [6.07, 6.45) is 0.0555. The van der Waals surface area contributed by atoms with Gasteiger partial charge in [-0.2, -0.15) is 13.2 Å². The topological polar surface area (TPSA) is 72.8 Å². The molecule has 0 heterocycles. The van der Waals surface area contributed by atoms with Gasteiger partial charge in [-0.15, -0.1) is 0 Å². The fourth-order valence-electron chi connectivity index (χ4n) is 4.94. The number of hydrogen-bond donors (Lipinski definition) is 1. The van der Waals surface area contributed by atoms with Crippen LogP contribution in [0, 0.1) is 23.7 Å². The number of alkyl halides is 3. The van der Waals surface area contributed by atoms with Gasteiger partial charge in [0.2, 0.25) is 0 Å². The van der Waals surface area contributed by atoms with Gasteiger partial charge in [-0.05, 0) is 69.6 Å². The Morgan fingerprint density at radius 3 is 2.00 bits per heavy atom. The Morgan fingerprint density at radius 2 is 1.56 bits per heavy atom. The van der Waals surface area contributed by atoms with Crippen molar-refractivity contribution in [1.82, 2.24) is 0 Å². The van der Waals surface area contributed by atoms with Crippen molar-refractivity contribution in [2.24, 2.45) is 23.7 Å². The smallest absolute Gasteiger partial charge is 0.427 e. The standard InChI is InChI=1S/C17H23F3O5/c1-15(11-4-9-3-10(6-11)7-12(15)5-9)25-13(21)8-24-14(22)16(2,23)17(18,19)20/h9-12,23H,3-8H2,1-2H3. The quantitative estimate of drug-likeness (QED) is 0.777. The van der Waals surface area contributed by atoms with Crippen molar-refractivity contribution in [1.29, 1.82) is 0 Å². The lowest BCUT2D eigenvalue weighted by atomic mass is 9.50. The number of carbonyl (C=O) groups is 2. The molecule has 4 aliphatic rings. The number of rotatable bonds is 4. The molecule has 0 amide bonds. The first-order chi connectivity index (χ1) is 11.4. The van der Waals surface area contributed by atoms with E-state index in [9.17, 15) is 27.9 Å². The fourth-order valence-corrected chi connectivity index (χ4v) is 4.94. The summed E-state index contributed by atoms with van der Waals surface area (Å²) in [4.78, 5) is 23.5. The van der Waals surface area contributed by atoms with Gasteiger partial charge in [0.15, 0.2) is 6.61 Å². The lowest BCUT2D eigenvalue weighted by molar-refractivity contribution is -0.257. The van der Waals surface area contributed by atoms with E-state index >= 15 is 0 Å². The molecule has 0 aromatic heterocycles. The molecule has 5 nitrogen and oxygen atoms in total. The molecule has 4 rings (SSSR count). The summed E-state index contributed by atoms with van der Waals surface area (Å²) in [6, 6.07) is 0. The Kier molecular flexibility index (Phi) is 4.33. The number of halogens is 3. The molecule has 1 atom stereocenters. The monoisotopic (exact) mass is 364 g/mol. The number of ether oxygens (including phenoxy) is 2. The van der Waals surface area contributed by atoms with Crippen molar-refractivity contribution in [2.75, 3.05) is 6.61 Å². The molecule has 0 aromatic carbocycles. The van der Waals surface area contributed by atoms with Gasteiger partial charge in [0, 0.05) is 0 Å². The van der Waals surface area contributed by atoms with Crippen LogP contribution in [0.15, 0.2) is 0 Å². The van der Waals surface area contributed by atoms with Crippen LogP contribution in [-0.4, -0.2) is 41.0 Å². The molecular weight excluding hydrogens is 341 g/mol. The van der Waals surface area contributed by atoms with Crippen LogP contribution in [0.5, 0.6) is 0 Å². The molecule has 4 saturated carbocycles. The molecule has 4 aliphatic carbocycles. The Morgan fingerprint density at radius 1 is 1.08 bits per heavy atom. The van der Waals surface area contributed by atoms with Gasteiger partial charge in [0.1, 0.15) is 5.60 Å². The average Bonchev–Trinajstić information content (AvgIpc) is 2.48. The van der Waals surface area contributed by atoms with E-state index in [2.05, 4.69) is 4.74 Å². The molecule has 0 aromatic rings. The van der Waals surface area contributed by atoms with Crippen LogP contribution in [0.4, 0.5) is 13.2 Å². The van der Waals surface area contributed by atoms with Gasteiger partial charge in [-0.1, -0.05) is 0 Å². The van der Waals surface area contributed by atoms with E-state index in [-0.39, 0.29) is 11.8 Å². The SMILES string of the molecule is CC1(OC(=O)COC(=O)C(C)(O)C(F)(F)F)C2CC3CC(C2)CC1C3. The predicted molar refractivity (Wildman–Crippen MR) is 79.2 cm³/mol. The Bertz CT molecular complexity index is 541.